The molecule has 2 aliphatic rings. The molecular weight excluding hydrogens is 525 g/mol. The zero-order valence-electron chi connectivity index (χ0n) is 19.5. The molecule has 2 aromatic heterocycles. The van der Waals surface area contributed by atoms with Crippen molar-refractivity contribution < 1.29 is 23.3 Å². The number of benzene rings is 1. The number of nitrogens with zero attached hydrogens (tertiary/aromatic N) is 3. The summed E-state index contributed by atoms with van der Waals surface area (Å²) in [6, 6.07) is 6.36. The third-order valence-electron chi connectivity index (χ3n) is 5.95. The molecule has 36 heavy (non-hydrogen) atoms. The summed E-state index contributed by atoms with van der Waals surface area (Å²) in [6.07, 6.45) is 4.28. The van der Waals surface area contributed by atoms with Crippen molar-refractivity contribution in [3.8, 4) is 17.0 Å². The number of aromatic nitrogens is 2. The van der Waals surface area contributed by atoms with Crippen LogP contribution in [0.3, 0.4) is 0 Å². The van der Waals surface area contributed by atoms with Crippen molar-refractivity contribution in [1.29, 1.82) is 0 Å². The van der Waals surface area contributed by atoms with Crippen LogP contribution in [-0.2, 0) is 15.6 Å². The molecule has 3 aromatic rings. The van der Waals surface area contributed by atoms with E-state index in [-0.39, 0.29) is 28.1 Å². The average molecular weight is 552 g/mol. The van der Waals surface area contributed by atoms with E-state index < -0.39 is 23.9 Å². The maximum absolute atomic E-state index is 13.8. The van der Waals surface area contributed by atoms with Crippen LogP contribution < -0.4 is 20.9 Å². The average Bonchev–Trinajstić information content (AvgIpc) is 3.49. The zero-order chi connectivity index (χ0) is 25.7. The second-order valence-corrected chi connectivity index (χ2v) is 13.5. The lowest BCUT2D eigenvalue weighted by Crippen LogP contribution is -2.35. The summed E-state index contributed by atoms with van der Waals surface area (Å²) in [6.45, 7) is 0.387. The third-order valence-corrected chi connectivity index (χ3v) is 9.20. The smallest absolute Gasteiger partial charge is 0.348 e. The molecule has 1 aliphatic heterocycles. The van der Waals surface area contributed by atoms with Crippen LogP contribution in [0.1, 0.15) is 24.8 Å². The van der Waals surface area contributed by atoms with Crippen LogP contribution >= 0.6 is 29.6 Å². The monoisotopic (exact) mass is 551 g/mol. The van der Waals surface area contributed by atoms with Crippen LogP contribution in [0.4, 0.5) is 11.4 Å². The Kier molecular flexibility index (Phi) is 6.48. The SMILES string of the molecule is COP1(=O)N=C(c2c(O)c(-c3ccsc3)nn(CCC3CC3)c2=O)Nc2ccc(NS(C)(O)O)cc21. The first-order chi connectivity index (χ1) is 17.1. The van der Waals surface area contributed by atoms with Gasteiger partial charge in [0.15, 0.2) is 11.6 Å². The molecule has 5 rings (SSSR count). The molecular formula is C22H26N5O6PS2. The summed E-state index contributed by atoms with van der Waals surface area (Å²) >= 11 is 1.43. The zero-order valence-corrected chi connectivity index (χ0v) is 22.1. The quantitative estimate of drug-likeness (QED) is 0.254. The fourth-order valence-electron chi connectivity index (χ4n) is 3.98. The van der Waals surface area contributed by atoms with Crippen molar-refractivity contribution in [3.63, 3.8) is 0 Å². The normalized spacial score (nSPS) is 19.8. The van der Waals surface area contributed by atoms with Crippen LogP contribution in [0.2, 0.25) is 0 Å². The topological polar surface area (TPSA) is 158 Å². The van der Waals surface area contributed by atoms with E-state index >= 15 is 0 Å². The Morgan fingerprint density at radius 1 is 1.33 bits per heavy atom. The van der Waals surface area contributed by atoms with E-state index in [9.17, 15) is 23.6 Å². The van der Waals surface area contributed by atoms with Gasteiger partial charge in [0.2, 0.25) is 0 Å². The molecule has 192 valence electrons. The summed E-state index contributed by atoms with van der Waals surface area (Å²) in [5.74, 6) is 0.113. The molecule has 0 radical (unpaired) electrons. The van der Waals surface area contributed by atoms with Gasteiger partial charge in [0.25, 0.3) is 5.56 Å². The Balaban J connectivity index is 1.63. The summed E-state index contributed by atoms with van der Waals surface area (Å²) in [5.41, 5.74) is 0.845. The Bertz CT molecular complexity index is 1450. The molecule has 0 bridgehead atoms. The largest absolute Gasteiger partial charge is 0.505 e. The second-order valence-electron chi connectivity index (χ2n) is 8.79. The molecule has 5 N–H and O–H groups in total. The number of rotatable bonds is 8. The first-order valence-corrected chi connectivity index (χ1v) is 15.6. The number of hydrogen-bond acceptors (Lipinski definition) is 10. The predicted molar refractivity (Wildman–Crippen MR) is 144 cm³/mol. The predicted octanol–water partition coefficient (Wildman–Crippen LogP) is 4.52. The van der Waals surface area contributed by atoms with Gasteiger partial charge in [-0.2, -0.15) is 21.2 Å². The number of aryl methyl sites for hydroxylation is 1. The van der Waals surface area contributed by atoms with Crippen LogP contribution in [0.5, 0.6) is 5.75 Å². The molecule has 14 heteroatoms. The standard InChI is InChI=1S/C22H26N5O6PS2/c1-33-34(30)17-11-15(26-36(2,31)32)5-6-16(17)23-21(25-34)18-20(28)19(14-8-10-35-12-14)24-27(22(18)29)9-7-13-3-4-13/h5-6,8,10-13,26,28,31-32H,3-4,7,9H2,1-2H3,(H,23,25,30). The highest BCUT2D eigenvalue weighted by molar-refractivity contribution is 8.24. The minimum absolute atomic E-state index is 0.0882. The molecule has 1 saturated carbocycles. The van der Waals surface area contributed by atoms with E-state index in [1.54, 1.807) is 18.2 Å². The summed E-state index contributed by atoms with van der Waals surface area (Å²) < 4.78 is 46.7. The van der Waals surface area contributed by atoms with Crippen LogP contribution in [0.25, 0.3) is 11.3 Å². The number of fused-ring (bicyclic) bond motifs is 1. The molecule has 1 aliphatic carbocycles. The number of amidine groups is 1. The molecule has 0 spiro atoms. The van der Waals surface area contributed by atoms with E-state index in [4.69, 9.17) is 4.52 Å². The lowest BCUT2D eigenvalue weighted by Gasteiger charge is -2.30. The van der Waals surface area contributed by atoms with Crippen molar-refractivity contribution in [2.75, 3.05) is 23.4 Å². The lowest BCUT2D eigenvalue weighted by molar-refractivity contribution is 0.404. The first kappa shape index (κ1) is 25.0. The molecule has 1 fully saturated rings. The van der Waals surface area contributed by atoms with Crippen molar-refractivity contribution in [2.24, 2.45) is 10.7 Å². The molecule has 3 heterocycles. The van der Waals surface area contributed by atoms with Gasteiger partial charge in [-0.25, -0.2) is 4.68 Å². The van der Waals surface area contributed by atoms with E-state index in [0.29, 0.717) is 29.4 Å². The van der Waals surface area contributed by atoms with Gasteiger partial charge in [-0.15, -0.1) is 10.8 Å². The van der Waals surface area contributed by atoms with Crippen LogP contribution in [0.15, 0.2) is 44.6 Å². The highest BCUT2D eigenvalue weighted by atomic mass is 32.3. The van der Waals surface area contributed by atoms with Gasteiger partial charge in [0.05, 0.1) is 16.7 Å². The molecule has 0 saturated heterocycles. The molecule has 0 amide bonds. The minimum Gasteiger partial charge on any atom is -0.505 e. The molecule has 1 unspecified atom stereocenters. The Hall–Kier alpha value is -2.67. The lowest BCUT2D eigenvalue weighted by atomic mass is 10.1. The number of hydrogen-bond donors (Lipinski definition) is 5. The number of nitrogens with one attached hydrogen (secondary N) is 2. The Labute approximate surface area is 212 Å². The van der Waals surface area contributed by atoms with Gasteiger partial charge in [-0.1, -0.05) is 12.8 Å². The highest BCUT2D eigenvalue weighted by Crippen LogP contribution is 2.52. The number of anilines is 2. The highest BCUT2D eigenvalue weighted by Gasteiger charge is 2.36. The van der Waals surface area contributed by atoms with Crippen molar-refractivity contribution in [1.82, 2.24) is 9.78 Å². The van der Waals surface area contributed by atoms with E-state index in [1.165, 1.54) is 35.5 Å². The molecule has 11 nitrogen and oxygen atoms in total. The van der Waals surface area contributed by atoms with Crippen molar-refractivity contribution in [3.05, 3.63) is 50.9 Å². The van der Waals surface area contributed by atoms with E-state index in [2.05, 4.69) is 19.9 Å². The third kappa shape index (κ3) is 4.95. The van der Waals surface area contributed by atoms with Gasteiger partial charge in [0.1, 0.15) is 11.3 Å². The fraction of sp³-hybridized carbons (Fsp3) is 0.318. The van der Waals surface area contributed by atoms with Crippen LogP contribution in [-0.4, -0.2) is 43.2 Å². The Morgan fingerprint density at radius 3 is 2.75 bits per heavy atom. The van der Waals surface area contributed by atoms with Gasteiger partial charge < -0.3 is 14.9 Å². The fourth-order valence-corrected chi connectivity index (χ4v) is 6.73. The second kappa shape index (κ2) is 9.33. The van der Waals surface area contributed by atoms with Crippen LogP contribution in [0, 0.1) is 5.92 Å². The Morgan fingerprint density at radius 2 is 2.11 bits per heavy atom. The van der Waals surface area contributed by atoms with Gasteiger partial charge >= 0.3 is 7.52 Å². The maximum atomic E-state index is 13.8. The number of thiophene rings is 1. The summed E-state index contributed by atoms with van der Waals surface area (Å²) in [5, 5.41) is 22.5. The first-order valence-electron chi connectivity index (χ1n) is 11.1. The minimum atomic E-state index is -3.90. The van der Waals surface area contributed by atoms with Gasteiger partial charge in [0, 0.05) is 30.9 Å². The van der Waals surface area contributed by atoms with E-state index in [1.807, 2.05) is 10.8 Å². The summed E-state index contributed by atoms with van der Waals surface area (Å²) in [7, 11) is -5.73. The van der Waals surface area contributed by atoms with Gasteiger partial charge in [-0.3, -0.25) is 23.2 Å². The molecule has 1 aromatic carbocycles. The molecule has 1 atom stereocenters. The van der Waals surface area contributed by atoms with Crippen molar-refractivity contribution >= 4 is 52.1 Å². The van der Waals surface area contributed by atoms with E-state index in [0.717, 1.165) is 19.3 Å². The maximum Gasteiger partial charge on any atom is 0.348 e. The van der Waals surface area contributed by atoms with Crippen molar-refractivity contribution in [2.45, 2.75) is 25.8 Å². The van der Waals surface area contributed by atoms with Gasteiger partial charge in [-0.05, 0) is 42.0 Å². The summed E-state index contributed by atoms with van der Waals surface area (Å²) in [4.78, 5) is 13.5. The number of aromatic hydroxyl groups is 1.